The minimum Gasteiger partial charge on any atom is -0.450 e. The van der Waals surface area contributed by atoms with Gasteiger partial charge >= 0.3 is 5.63 Å². The summed E-state index contributed by atoms with van der Waals surface area (Å²) >= 11 is 3.39. The van der Waals surface area contributed by atoms with Crippen molar-refractivity contribution in [2.45, 2.75) is 6.92 Å². The molecule has 0 bridgehead atoms. The number of hydrogen-bond acceptors (Lipinski definition) is 3. The van der Waals surface area contributed by atoms with Crippen molar-refractivity contribution in [3.63, 3.8) is 0 Å². The maximum atomic E-state index is 11.9. The fourth-order valence-corrected chi connectivity index (χ4v) is 2.33. The van der Waals surface area contributed by atoms with Crippen molar-refractivity contribution in [2.24, 2.45) is 0 Å². The third kappa shape index (κ3) is 2.60. The van der Waals surface area contributed by atoms with Gasteiger partial charge in [0.2, 0.25) is 5.75 Å². The van der Waals surface area contributed by atoms with E-state index < -0.39 is 5.63 Å². The molecule has 0 radical (unpaired) electrons. The second-order valence-electron chi connectivity index (χ2n) is 4.50. The number of fused-ring (bicyclic) bond motifs is 1. The lowest BCUT2D eigenvalue weighted by atomic mass is 10.2. The van der Waals surface area contributed by atoms with E-state index in [1.165, 1.54) is 0 Å². The summed E-state index contributed by atoms with van der Waals surface area (Å²) in [5.41, 5.74) is 1.12. The molecule has 0 aliphatic rings. The number of ether oxygens (including phenoxy) is 1. The summed E-state index contributed by atoms with van der Waals surface area (Å²) in [6.07, 6.45) is 0. The van der Waals surface area contributed by atoms with Gasteiger partial charge in [0.05, 0.1) is 0 Å². The quantitative estimate of drug-likeness (QED) is 0.641. The van der Waals surface area contributed by atoms with E-state index in [9.17, 15) is 4.79 Å². The first-order valence-corrected chi connectivity index (χ1v) is 6.89. The molecular weight excluding hydrogens is 320 g/mol. The van der Waals surface area contributed by atoms with Gasteiger partial charge in [-0.05, 0) is 48.9 Å². The van der Waals surface area contributed by atoms with E-state index in [2.05, 4.69) is 15.9 Å². The van der Waals surface area contributed by atoms with Gasteiger partial charge < -0.3 is 9.15 Å². The lowest BCUT2D eigenvalue weighted by molar-refractivity contribution is 0.437. The summed E-state index contributed by atoms with van der Waals surface area (Å²) in [6.45, 7) is 1.97. The number of rotatable bonds is 2. The Labute approximate surface area is 123 Å². The molecule has 0 aliphatic heterocycles. The summed E-state index contributed by atoms with van der Waals surface area (Å²) in [5, 5.41) is 0.807. The van der Waals surface area contributed by atoms with Crippen molar-refractivity contribution >= 4 is 26.9 Å². The zero-order valence-electron chi connectivity index (χ0n) is 10.7. The van der Waals surface area contributed by atoms with Crippen LogP contribution in [0.5, 0.6) is 11.5 Å². The van der Waals surface area contributed by atoms with Gasteiger partial charge in [0.15, 0.2) is 0 Å². The van der Waals surface area contributed by atoms with E-state index >= 15 is 0 Å². The van der Waals surface area contributed by atoms with Gasteiger partial charge in [0, 0.05) is 9.86 Å². The van der Waals surface area contributed by atoms with Crippen molar-refractivity contribution in [2.75, 3.05) is 0 Å². The molecule has 3 rings (SSSR count). The Kier molecular flexibility index (Phi) is 3.32. The first-order chi connectivity index (χ1) is 9.61. The summed E-state index contributed by atoms with van der Waals surface area (Å²) in [6, 6.07) is 14.7. The zero-order chi connectivity index (χ0) is 14.1. The molecule has 100 valence electrons. The van der Waals surface area contributed by atoms with Crippen LogP contribution in [0.2, 0.25) is 0 Å². The van der Waals surface area contributed by atoms with Crippen LogP contribution >= 0.6 is 15.9 Å². The second-order valence-corrected chi connectivity index (χ2v) is 5.41. The van der Waals surface area contributed by atoms with E-state index in [0.717, 1.165) is 15.4 Å². The van der Waals surface area contributed by atoms with Crippen LogP contribution in [-0.2, 0) is 0 Å². The Balaban J connectivity index is 2.07. The number of benzene rings is 2. The zero-order valence-corrected chi connectivity index (χ0v) is 12.3. The molecule has 1 aromatic heterocycles. The van der Waals surface area contributed by atoms with Crippen LogP contribution in [0.25, 0.3) is 11.0 Å². The summed E-state index contributed by atoms with van der Waals surface area (Å²) in [4.78, 5) is 11.9. The fourth-order valence-electron chi connectivity index (χ4n) is 1.95. The highest BCUT2D eigenvalue weighted by Crippen LogP contribution is 2.25. The Morgan fingerprint density at radius 2 is 1.95 bits per heavy atom. The van der Waals surface area contributed by atoms with Crippen molar-refractivity contribution in [1.29, 1.82) is 0 Å². The largest absolute Gasteiger partial charge is 0.450 e. The molecule has 0 fully saturated rings. The van der Waals surface area contributed by atoms with Gasteiger partial charge in [-0.25, -0.2) is 4.79 Å². The van der Waals surface area contributed by atoms with Crippen LogP contribution in [0.3, 0.4) is 0 Å². The molecule has 2 aromatic carbocycles. The molecule has 0 spiro atoms. The molecule has 0 unspecified atom stereocenters. The normalized spacial score (nSPS) is 10.7. The average Bonchev–Trinajstić information content (AvgIpc) is 2.40. The van der Waals surface area contributed by atoms with Crippen LogP contribution in [-0.4, -0.2) is 0 Å². The van der Waals surface area contributed by atoms with Crippen molar-refractivity contribution in [3.8, 4) is 11.5 Å². The number of hydrogen-bond donors (Lipinski definition) is 0. The van der Waals surface area contributed by atoms with Crippen LogP contribution in [0.4, 0.5) is 0 Å². The third-order valence-corrected chi connectivity index (χ3v) is 3.37. The topological polar surface area (TPSA) is 39.4 Å². The summed E-state index contributed by atoms with van der Waals surface area (Å²) in [7, 11) is 0. The standard InChI is InChI=1S/C16H11BrO3/c1-10-3-2-4-13(7-10)19-15-9-11-8-12(17)5-6-14(11)20-16(15)18/h2-9H,1H3. The monoisotopic (exact) mass is 330 g/mol. The molecule has 0 saturated heterocycles. The Hall–Kier alpha value is -2.07. The number of aryl methyl sites for hydroxylation is 1. The molecule has 3 nitrogen and oxygen atoms in total. The highest BCUT2D eigenvalue weighted by Gasteiger charge is 2.08. The molecule has 0 N–H and O–H groups in total. The minimum absolute atomic E-state index is 0.182. The highest BCUT2D eigenvalue weighted by atomic mass is 79.9. The lowest BCUT2D eigenvalue weighted by Gasteiger charge is -2.06. The number of halogens is 1. The molecule has 1 heterocycles. The molecule has 0 atom stereocenters. The van der Waals surface area contributed by atoms with Crippen LogP contribution in [0.15, 0.2) is 62.2 Å². The minimum atomic E-state index is -0.485. The highest BCUT2D eigenvalue weighted by molar-refractivity contribution is 9.10. The van der Waals surface area contributed by atoms with E-state index in [4.69, 9.17) is 9.15 Å². The Morgan fingerprint density at radius 3 is 2.75 bits per heavy atom. The van der Waals surface area contributed by atoms with Crippen molar-refractivity contribution < 1.29 is 9.15 Å². The van der Waals surface area contributed by atoms with E-state index in [-0.39, 0.29) is 5.75 Å². The average molecular weight is 331 g/mol. The predicted molar refractivity (Wildman–Crippen MR) is 81.4 cm³/mol. The first kappa shape index (κ1) is 12.9. The Bertz CT molecular complexity index is 836. The molecule has 3 aromatic rings. The van der Waals surface area contributed by atoms with Gasteiger partial charge in [0.1, 0.15) is 11.3 Å². The SMILES string of the molecule is Cc1cccc(Oc2cc3cc(Br)ccc3oc2=O)c1. The first-order valence-electron chi connectivity index (χ1n) is 6.10. The fraction of sp³-hybridized carbons (Fsp3) is 0.0625. The van der Waals surface area contributed by atoms with Gasteiger partial charge in [-0.3, -0.25) is 0 Å². The Morgan fingerprint density at radius 1 is 1.10 bits per heavy atom. The molecule has 0 amide bonds. The van der Waals surface area contributed by atoms with Crippen molar-refractivity contribution in [3.05, 3.63) is 69.0 Å². The predicted octanol–water partition coefficient (Wildman–Crippen LogP) is 4.66. The van der Waals surface area contributed by atoms with Gasteiger partial charge in [-0.1, -0.05) is 28.1 Å². The summed E-state index contributed by atoms with van der Waals surface area (Å²) < 4.78 is 11.8. The van der Waals surface area contributed by atoms with Gasteiger partial charge in [-0.2, -0.15) is 0 Å². The van der Waals surface area contributed by atoms with Gasteiger partial charge in [-0.15, -0.1) is 0 Å². The lowest BCUT2D eigenvalue weighted by Crippen LogP contribution is -2.03. The van der Waals surface area contributed by atoms with E-state index in [1.807, 2.05) is 37.3 Å². The smallest absolute Gasteiger partial charge is 0.379 e. The van der Waals surface area contributed by atoms with Crippen LogP contribution in [0.1, 0.15) is 5.56 Å². The maximum absolute atomic E-state index is 11.9. The van der Waals surface area contributed by atoms with Crippen molar-refractivity contribution in [1.82, 2.24) is 0 Å². The third-order valence-electron chi connectivity index (χ3n) is 2.88. The maximum Gasteiger partial charge on any atom is 0.379 e. The molecule has 0 saturated carbocycles. The molecule has 20 heavy (non-hydrogen) atoms. The summed E-state index contributed by atoms with van der Waals surface area (Å²) in [5.74, 6) is 0.799. The van der Waals surface area contributed by atoms with Crippen LogP contribution < -0.4 is 10.4 Å². The molecule has 4 heteroatoms. The second kappa shape index (κ2) is 5.13. The van der Waals surface area contributed by atoms with Crippen LogP contribution in [0, 0.1) is 6.92 Å². The van der Waals surface area contributed by atoms with E-state index in [0.29, 0.717) is 11.3 Å². The molecule has 0 aliphatic carbocycles. The van der Waals surface area contributed by atoms with Gasteiger partial charge in [0.25, 0.3) is 0 Å². The van der Waals surface area contributed by atoms with E-state index in [1.54, 1.807) is 18.2 Å². The molecular formula is C16H11BrO3.